The molecule has 198 valence electrons. The summed E-state index contributed by atoms with van der Waals surface area (Å²) in [5.41, 5.74) is 2.89. The zero-order valence-electron chi connectivity index (χ0n) is 21.1. The van der Waals surface area contributed by atoms with Crippen LogP contribution < -0.4 is 23.7 Å². The molecule has 0 fully saturated rings. The molecule has 0 spiro atoms. The van der Waals surface area contributed by atoms with E-state index in [9.17, 15) is 8.42 Å². The van der Waals surface area contributed by atoms with Gasteiger partial charge in [-0.2, -0.15) is 8.42 Å². The number of hydrogen-bond donors (Lipinski definition) is 0. The molecule has 10 nitrogen and oxygen atoms in total. The van der Waals surface area contributed by atoms with Crippen LogP contribution >= 0.6 is 0 Å². The largest absolute Gasteiger partial charge is 0.493 e. The van der Waals surface area contributed by atoms with Gasteiger partial charge in [-0.3, -0.25) is 4.18 Å². The van der Waals surface area contributed by atoms with Crippen molar-refractivity contribution in [3.05, 3.63) is 41.0 Å². The molecule has 11 heteroatoms. The molecule has 0 aromatic heterocycles. The number of methoxy groups -OCH3 is 4. The van der Waals surface area contributed by atoms with Crippen molar-refractivity contribution >= 4 is 10.1 Å². The molecule has 0 saturated heterocycles. The topological polar surface area (TPSA) is 108 Å². The van der Waals surface area contributed by atoms with Crippen molar-refractivity contribution in [3.8, 4) is 28.7 Å². The molecular weight excluding hydrogens is 492 g/mol. The van der Waals surface area contributed by atoms with Gasteiger partial charge in [-0.15, -0.1) is 0 Å². The molecule has 0 saturated carbocycles. The summed E-state index contributed by atoms with van der Waals surface area (Å²) in [4.78, 5) is 0. The highest BCUT2D eigenvalue weighted by atomic mass is 32.2. The van der Waals surface area contributed by atoms with E-state index in [2.05, 4.69) is 0 Å². The summed E-state index contributed by atoms with van der Waals surface area (Å²) in [5.74, 6) is 2.13. The molecule has 0 N–H and O–H groups in total. The van der Waals surface area contributed by atoms with E-state index >= 15 is 0 Å². The summed E-state index contributed by atoms with van der Waals surface area (Å²) in [7, 11) is 2.53. The molecule has 0 radical (unpaired) electrons. The van der Waals surface area contributed by atoms with Crippen molar-refractivity contribution in [2.75, 3.05) is 61.5 Å². The molecule has 3 atom stereocenters. The minimum absolute atomic E-state index is 0.0327. The third-order valence-electron chi connectivity index (χ3n) is 6.54. The van der Waals surface area contributed by atoms with Gasteiger partial charge in [0.2, 0.25) is 12.5 Å². The van der Waals surface area contributed by atoms with E-state index in [1.807, 2.05) is 24.3 Å². The van der Waals surface area contributed by atoms with Gasteiger partial charge in [0.05, 0.1) is 40.8 Å². The second-order valence-electron chi connectivity index (χ2n) is 8.73. The summed E-state index contributed by atoms with van der Waals surface area (Å²) in [5, 5.41) is 0. The third kappa shape index (κ3) is 5.49. The maximum absolute atomic E-state index is 12.0. The van der Waals surface area contributed by atoms with Gasteiger partial charge in [-0.05, 0) is 59.2 Å². The Morgan fingerprint density at radius 3 is 2.17 bits per heavy atom. The zero-order chi connectivity index (χ0) is 25.9. The Balaban J connectivity index is 1.88. The molecule has 1 aliphatic heterocycles. The molecule has 2 aliphatic rings. The van der Waals surface area contributed by atoms with Crippen molar-refractivity contribution in [1.82, 2.24) is 0 Å². The van der Waals surface area contributed by atoms with Crippen molar-refractivity contribution in [3.63, 3.8) is 0 Å². The molecule has 36 heavy (non-hydrogen) atoms. The lowest BCUT2D eigenvalue weighted by atomic mass is 9.67. The van der Waals surface area contributed by atoms with Gasteiger partial charge < -0.3 is 33.2 Å². The maximum Gasteiger partial charge on any atom is 0.264 e. The SMILES string of the molecule is COCOC[C@@H]1Cc2cc3c(cc2[C@@H](c2cc(OC)c(OC)c(OC)c2)[C@H]1COS(C)(=O)=O)OCO3. The van der Waals surface area contributed by atoms with Gasteiger partial charge in [-0.25, -0.2) is 0 Å². The summed E-state index contributed by atoms with van der Waals surface area (Å²) in [6.45, 7) is 0.586. The number of benzene rings is 2. The van der Waals surface area contributed by atoms with E-state index < -0.39 is 10.1 Å². The molecule has 4 rings (SSSR count). The van der Waals surface area contributed by atoms with Gasteiger partial charge in [0.1, 0.15) is 6.79 Å². The van der Waals surface area contributed by atoms with Crippen LogP contribution in [0.3, 0.4) is 0 Å². The summed E-state index contributed by atoms with van der Waals surface area (Å²) < 4.78 is 68.2. The van der Waals surface area contributed by atoms with Gasteiger partial charge in [-0.1, -0.05) is 0 Å². The van der Waals surface area contributed by atoms with E-state index in [1.54, 1.807) is 28.4 Å². The van der Waals surface area contributed by atoms with Crippen LogP contribution in [-0.4, -0.2) is 69.9 Å². The Morgan fingerprint density at radius 1 is 0.917 bits per heavy atom. The highest BCUT2D eigenvalue weighted by molar-refractivity contribution is 7.85. The normalized spacial score (nSPS) is 20.6. The lowest BCUT2D eigenvalue weighted by molar-refractivity contribution is -0.0547. The van der Waals surface area contributed by atoms with Crippen molar-refractivity contribution in [2.24, 2.45) is 11.8 Å². The maximum atomic E-state index is 12.0. The molecule has 2 aromatic carbocycles. The lowest BCUT2D eigenvalue weighted by Crippen LogP contribution is -2.37. The number of rotatable bonds is 11. The fraction of sp³-hybridized carbons (Fsp3) is 0.520. The summed E-state index contributed by atoms with van der Waals surface area (Å²) in [6.07, 6.45) is 1.68. The fourth-order valence-corrected chi connectivity index (χ4v) is 5.41. The number of hydrogen-bond acceptors (Lipinski definition) is 10. The molecule has 0 bridgehead atoms. The minimum atomic E-state index is -3.68. The first-order valence-electron chi connectivity index (χ1n) is 11.4. The predicted octanol–water partition coefficient (Wildman–Crippen LogP) is 2.96. The van der Waals surface area contributed by atoms with Gasteiger partial charge in [0.25, 0.3) is 10.1 Å². The van der Waals surface area contributed by atoms with Crippen LogP contribution in [0.25, 0.3) is 0 Å². The summed E-state index contributed by atoms with van der Waals surface area (Å²) >= 11 is 0. The van der Waals surface area contributed by atoms with Crippen LogP contribution in [0.4, 0.5) is 0 Å². The van der Waals surface area contributed by atoms with Crippen molar-refractivity contribution < 1.29 is 45.8 Å². The lowest BCUT2D eigenvalue weighted by Gasteiger charge is -2.40. The van der Waals surface area contributed by atoms with Gasteiger partial charge in [0.15, 0.2) is 23.0 Å². The van der Waals surface area contributed by atoms with Crippen LogP contribution in [0.2, 0.25) is 0 Å². The second-order valence-corrected chi connectivity index (χ2v) is 10.4. The second kappa shape index (κ2) is 11.1. The highest BCUT2D eigenvalue weighted by Gasteiger charge is 2.40. The molecule has 1 heterocycles. The standard InChI is InChI=1S/C25H32O10S/c1-28-13-32-11-17-6-15-7-20-21(34-14-33-20)10-18(15)24(19(17)12-35-36(5,26)27)16-8-22(29-2)25(31-4)23(9-16)30-3/h7-10,17,19,24H,6,11-14H2,1-5H3/t17-,19-,24+/m0/s1. The smallest absolute Gasteiger partial charge is 0.264 e. The monoisotopic (exact) mass is 524 g/mol. The Morgan fingerprint density at radius 2 is 1.58 bits per heavy atom. The highest BCUT2D eigenvalue weighted by Crippen LogP contribution is 2.51. The van der Waals surface area contributed by atoms with Crippen molar-refractivity contribution in [2.45, 2.75) is 12.3 Å². The zero-order valence-corrected chi connectivity index (χ0v) is 21.9. The van der Waals surface area contributed by atoms with E-state index in [-0.39, 0.29) is 37.9 Å². The molecule has 2 aromatic rings. The Hall–Kier alpha value is -2.73. The van der Waals surface area contributed by atoms with Crippen LogP contribution in [0.5, 0.6) is 28.7 Å². The average molecular weight is 525 g/mol. The van der Waals surface area contributed by atoms with Crippen LogP contribution in [0, 0.1) is 11.8 Å². The van der Waals surface area contributed by atoms with E-state index in [4.69, 9.17) is 37.3 Å². The Bertz CT molecular complexity index is 1150. The Kier molecular flexibility index (Phi) is 8.13. The first kappa shape index (κ1) is 26.3. The van der Waals surface area contributed by atoms with E-state index in [1.165, 1.54) is 0 Å². The first-order chi connectivity index (χ1) is 17.3. The molecule has 0 amide bonds. The first-order valence-corrected chi connectivity index (χ1v) is 13.2. The number of ether oxygens (including phenoxy) is 7. The van der Waals surface area contributed by atoms with Crippen LogP contribution in [-0.2, 0) is 30.2 Å². The molecule has 1 aliphatic carbocycles. The van der Waals surface area contributed by atoms with Crippen LogP contribution in [0.15, 0.2) is 24.3 Å². The minimum Gasteiger partial charge on any atom is -0.493 e. The van der Waals surface area contributed by atoms with Gasteiger partial charge in [0, 0.05) is 13.0 Å². The van der Waals surface area contributed by atoms with Crippen molar-refractivity contribution in [1.29, 1.82) is 0 Å². The summed E-state index contributed by atoms with van der Waals surface area (Å²) in [6, 6.07) is 7.71. The molecule has 0 unspecified atom stereocenters. The average Bonchev–Trinajstić information content (AvgIpc) is 3.31. The third-order valence-corrected chi connectivity index (χ3v) is 7.10. The van der Waals surface area contributed by atoms with Crippen LogP contribution in [0.1, 0.15) is 22.6 Å². The van der Waals surface area contributed by atoms with E-state index in [0.717, 1.165) is 22.9 Å². The van der Waals surface area contributed by atoms with Gasteiger partial charge >= 0.3 is 0 Å². The predicted molar refractivity (Wildman–Crippen MR) is 130 cm³/mol. The Labute approximate surface area is 211 Å². The quantitative estimate of drug-likeness (QED) is 0.247. The number of fused-ring (bicyclic) bond motifs is 2. The fourth-order valence-electron chi connectivity index (χ4n) is 5.01. The van der Waals surface area contributed by atoms with E-state index in [0.29, 0.717) is 41.8 Å². The molecular formula is C25H32O10S.